The van der Waals surface area contributed by atoms with Crippen LogP contribution >= 0.6 is 11.3 Å². The molecule has 10 N–H and O–H groups in total. The van der Waals surface area contributed by atoms with Crippen LogP contribution in [0.15, 0.2) is 8.68 Å². The van der Waals surface area contributed by atoms with Crippen LogP contribution in [0.1, 0.15) is 0 Å². The van der Waals surface area contributed by atoms with E-state index in [1.54, 1.807) is 0 Å². The molecule has 0 aromatic carbocycles. The van der Waals surface area contributed by atoms with Crippen molar-refractivity contribution < 1.29 is 11.7 Å². The fraction of sp³-hybridized carbons (Fsp3) is 0. The third-order valence-electron chi connectivity index (χ3n) is 0.388. The van der Waals surface area contributed by atoms with Gasteiger partial charge in [0, 0.05) is 0 Å². The smallest absolute Gasteiger partial charge is 0.00287 e. The Labute approximate surface area is 79.1 Å². The summed E-state index contributed by atoms with van der Waals surface area (Å²) in [5.41, 5.74) is 0. The van der Waals surface area contributed by atoms with Crippen LogP contribution in [-0.4, -0.2) is 10.2 Å². The van der Waals surface area contributed by atoms with Gasteiger partial charge in [0.1, 0.15) is 0 Å². The molecule has 0 bridgehead atoms. The predicted octanol–water partition coefficient (Wildman–Crippen LogP) is -3.45. The maximum Gasteiger partial charge on any atom is -0.00287 e. The summed E-state index contributed by atoms with van der Waals surface area (Å²) in [5.74, 6) is 14.0. The fourth-order valence-corrected chi connectivity index (χ4v) is 1.22. The van der Waals surface area contributed by atoms with E-state index in [1.807, 2.05) is 0 Å². The van der Waals surface area contributed by atoms with Gasteiger partial charge in [0.05, 0.1) is 0 Å². The van der Waals surface area contributed by atoms with Gasteiger partial charge in [0.15, 0.2) is 0 Å². The van der Waals surface area contributed by atoms with Gasteiger partial charge in [-0.25, -0.2) is 0 Å². The zero-order chi connectivity index (χ0) is 9.28. The number of aromatic nitrogens is 2. The first kappa shape index (κ1) is 13.4. The minimum atomic E-state index is 0.519. The van der Waals surface area contributed by atoms with Crippen LogP contribution in [0, 0.1) is 0 Å². The standard InChI is InChI=1S/C2H2N2S3.2H4N2/c5-1-3-4-2(6)7-1;2*1-2/h(H,3,5)(H,4,6);2*1-2H2. The van der Waals surface area contributed by atoms with Crippen LogP contribution in [0.3, 0.4) is 0 Å². The second kappa shape index (κ2) is 9.84. The molecule has 0 amide bonds. The predicted molar refractivity (Wildman–Crippen MR) is 45.3 cm³/mol. The van der Waals surface area contributed by atoms with Crippen molar-refractivity contribution in [2.45, 2.75) is 8.68 Å². The van der Waals surface area contributed by atoms with E-state index in [1.165, 1.54) is 11.3 Å². The zero-order valence-electron chi connectivity index (χ0n) is 5.69. The van der Waals surface area contributed by atoms with E-state index < -0.39 is 0 Å². The highest BCUT2D eigenvalue weighted by molar-refractivity contribution is 7.66. The molecule has 66 valence electrons. The monoisotopic (exact) mass is 214 g/mol. The average molecular weight is 214 g/mol. The van der Waals surface area contributed by atoms with Crippen molar-refractivity contribution in [2.24, 2.45) is 11.7 Å². The highest BCUT2D eigenvalue weighted by Crippen LogP contribution is 2.05. The number of nitrogens with zero attached hydrogens (tertiary/aromatic N) is 2. The van der Waals surface area contributed by atoms with E-state index in [4.69, 9.17) is 0 Å². The molecule has 0 atom stereocenters. The van der Waals surface area contributed by atoms with Gasteiger partial charge in [0.25, 0.3) is 0 Å². The summed E-state index contributed by atoms with van der Waals surface area (Å²) in [6.07, 6.45) is 0. The minimum Gasteiger partial charge on any atom is -0.406 e. The van der Waals surface area contributed by atoms with Gasteiger partial charge in [-0.2, -0.15) is 21.9 Å². The third-order valence-corrected chi connectivity index (χ3v) is 1.56. The Bertz CT molecular complexity index is 148. The van der Waals surface area contributed by atoms with E-state index in [-0.39, 0.29) is 0 Å². The van der Waals surface area contributed by atoms with Crippen LogP contribution in [0.2, 0.25) is 0 Å². The van der Waals surface area contributed by atoms with Gasteiger partial charge >= 0.3 is 0 Å². The molecule has 0 spiro atoms. The molecule has 9 heteroatoms. The van der Waals surface area contributed by atoms with Crippen molar-refractivity contribution in [3.8, 4) is 0 Å². The summed E-state index contributed by atoms with van der Waals surface area (Å²) in [7, 11) is 0. The lowest BCUT2D eigenvalue weighted by Crippen LogP contribution is -2.59. The summed E-state index contributed by atoms with van der Waals surface area (Å²) < 4.78 is 1.04. The lowest BCUT2D eigenvalue weighted by atomic mass is 11.6. The highest BCUT2D eigenvalue weighted by Gasteiger charge is 1.73. The number of nitrogens with two attached hydrogens (primary N) is 2. The molecule has 6 nitrogen and oxygen atoms in total. The topological polar surface area (TPSA) is 133 Å². The molecule has 0 saturated carbocycles. The molecule has 1 aromatic rings. The Morgan fingerprint density at radius 1 is 1.00 bits per heavy atom. The van der Waals surface area contributed by atoms with Gasteiger partial charge in [-0.05, 0) is 8.68 Å². The molecule has 11 heavy (non-hydrogen) atoms. The van der Waals surface area contributed by atoms with E-state index in [2.05, 4.69) is 58.8 Å². The summed E-state index contributed by atoms with van der Waals surface area (Å²) in [4.78, 5) is 0. The van der Waals surface area contributed by atoms with Crippen molar-refractivity contribution in [2.75, 3.05) is 0 Å². The molecule has 0 radical (unpaired) electrons. The Hall–Kier alpha value is -0.160. The quantitative estimate of drug-likeness (QED) is 0.202. The number of hydrogen-bond donors (Lipinski definition) is 4. The average Bonchev–Trinajstić information content (AvgIpc) is 2.43. The molecule has 1 rings (SSSR count). The lowest BCUT2D eigenvalue weighted by molar-refractivity contribution is -0.379. The van der Waals surface area contributed by atoms with Crippen molar-refractivity contribution in [1.29, 1.82) is 0 Å². The summed E-state index contributed by atoms with van der Waals surface area (Å²) in [6.45, 7) is 0. The SMILES string of the molecule is N[NH3+].N[NH3+].[S-]c1nnc([S-])s1. The molecule has 0 fully saturated rings. The summed E-state index contributed by atoms with van der Waals surface area (Å²) in [6, 6.07) is 0. The molecule has 1 heterocycles. The normalized spacial score (nSPS) is 6.91. The van der Waals surface area contributed by atoms with Crippen molar-refractivity contribution in [3.63, 3.8) is 0 Å². The molecule has 0 aliphatic heterocycles. The van der Waals surface area contributed by atoms with Crippen LogP contribution in [0.5, 0.6) is 0 Å². The Kier molecular flexibility index (Phi) is 12.0. The first-order valence-electron chi connectivity index (χ1n) is 2.28. The van der Waals surface area contributed by atoms with E-state index >= 15 is 0 Å². The number of rotatable bonds is 0. The summed E-state index contributed by atoms with van der Waals surface area (Å²) >= 11 is 10.5. The van der Waals surface area contributed by atoms with E-state index in [9.17, 15) is 0 Å². The van der Waals surface area contributed by atoms with Gasteiger partial charge < -0.3 is 36.6 Å². The molecule has 0 aliphatic carbocycles. The summed E-state index contributed by atoms with van der Waals surface area (Å²) in [5, 5.41) is 6.99. The van der Waals surface area contributed by atoms with E-state index in [0.29, 0.717) is 8.68 Å². The van der Waals surface area contributed by atoms with Crippen molar-refractivity contribution in [1.82, 2.24) is 10.2 Å². The van der Waals surface area contributed by atoms with Crippen LogP contribution < -0.4 is 23.4 Å². The first-order valence-corrected chi connectivity index (χ1v) is 3.91. The third kappa shape index (κ3) is 7.74. The van der Waals surface area contributed by atoms with E-state index in [0.717, 1.165) is 0 Å². The maximum absolute atomic E-state index is 4.61. The second-order valence-electron chi connectivity index (χ2n) is 0.834. The van der Waals surface area contributed by atoms with Crippen molar-refractivity contribution >= 4 is 36.6 Å². The first-order chi connectivity index (χ1) is 5.29. The molecular formula is C2H10N6S3. The van der Waals surface area contributed by atoms with Crippen LogP contribution in [0.4, 0.5) is 0 Å². The molecule has 1 aromatic heterocycles. The van der Waals surface area contributed by atoms with Crippen LogP contribution in [0.25, 0.3) is 0 Å². The minimum absolute atomic E-state index is 0.519. The maximum atomic E-state index is 4.61. The van der Waals surface area contributed by atoms with Gasteiger partial charge in [-0.15, -0.1) is 0 Å². The molecule has 0 saturated heterocycles. The van der Waals surface area contributed by atoms with Crippen LogP contribution in [-0.2, 0) is 25.3 Å². The van der Waals surface area contributed by atoms with Gasteiger partial charge in [-0.3, -0.25) is 11.7 Å². The Morgan fingerprint density at radius 3 is 1.36 bits per heavy atom. The Balaban J connectivity index is 0. The molecule has 0 unspecified atom stereocenters. The lowest BCUT2D eigenvalue weighted by Gasteiger charge is -1.85. The number of quaternary nitrogens is 2. The van der Waals surface area contributed by atoms with Gasteiger partial charge in [-0.1, -0.05) is 0 Å². The number of hydrogen-bond acceptors (Lipinski definition) is 7. The Morgan fingerprint density at radius 2 is 1.27 bits per heavy atom. The fourth-order valence-electron chi connectivity index (χ4n) is 0.197. The second-order valence-corrected chi connectivity index (χ2v) is 3.10. The largest absolute Gasteiger partial charge is 0.406 e. The van der Waals surface area contributed by atoms with Crippen molar-refractivity contribution in [3.05, 3.63) is 0 Å². The highest BCUT2D eigenvalue weighted by atomic mass is 32.2. The molecule has 0 aliphatic rings. The molecular weight excluding hydrogens is 204 g/mol. The van der Waals surface area contributed by atoms with Gasteiger partial charge in [0.2, 0.25) is 0 Å². The zero-order valence-corrected chi connectivity index (χ0v) is 8.14.